The van der Waals surface area contributed by atoms with Crippen molar-refractivity contribution in [2.45, 2.75) is 32.1 Å². The van der Waals surface area contributed by atoms with Crippen molar-refractivity contribution in [1.82, 2.24) is 19.9 Å². The van der Waals surface area contributed by atoms with Crippen molar-refractivity contribution >= 4 is 23.2 Å². The van der Waals surface area contributed by atoms with Crippen molar-refractivity contribution < 1.29 is 9.90 Å². The molecular formula is C26H29N7O2. The van der Waals surface area contributed by atoms with Gasteiger partial charge in [0.1, 0.15) is 6.07 Å². The first-order valence-corrected chi connectivity index (χ1v) is 11.4. The third-order valence-corrected chi connectivity index (χ3v) is 6.35. The number of nitriles is 1. The highest BCUT2D eigenvalue weighted by molar-refractivity contribution is 5.77. The fourth-order valence-electron chi connectivity index (χ4n) is 4.11. The molecule has 0 saturated carbocycles. The summed E-state index contributed by atoms with van der Waals surface area (Å²) in [5.41, 5.74) is 5.58. The van der Waals surface area contributed by atoms with Gasteiger partial charge in [-0.15, -0.1) is 0 Å². The van der Waals surface area contributed by atoms with E-state index in [1.807, 2.05) is 32.0 Å². The molecular weight excluding hydrogens is 442 g/mol. The predicted molar refractivity (Wildman–Crippen MR) is 134 cm³/mol. The lowest BCUT2D eigenvalue weighted by Crippen LogP contribution is -2.28. The summed E-state index contributed by atoms with van der Waals surface area (Å²) in [6.07, 6.45) is 2.65. The summed E-state index contributed by atoms with van der Waals surface area (Å²) in [4.78, 5) is 27.0. The molecule has 35 heavy (non-hydrogen) atoms. The van der Waals surface area contributed by atoms with Gasteiger partial charge in [-0.25, -0.2) is 9.97 Å². The summed E-state index contributed by atoms with van der Waals surface area (Å²) in [7, 11) is 3.49. The highest BCUT2D eigenvalue weighted by atomic mass is 16.3. The van der Waals surface area contributed by atoms with Gasteiger partial charge in [-0.1, -0.05) is 6.92 Å². The number of aliphatic hydroxyl groups excluding tert-OH is 1. The maximum Gasteiger partial charge on any atom is 0.227 e. The van der Waals surface area contributed by atoms with E-state index in [1.54, 1.807) is 37.3 Å². The van der Waals surface area contributed by atoms with E-state index in [4.69, 9.17) is 0 Å². The van der Waals surface area contributed by atoms with Crippen LogP contribution >= 0.6 is 0 Å². The largest absolute Gasteiger partial charge is 0.395 e. The van der Waals surface area contributed by atoms with E-state index in [9.17, 15) is 15.2 Å². The van der Waals surface area contributed by atoms with Crippen LogP contribution < -0.4 is 10.6 Å². The van der Waals surface area contributed by atoms with Gasteiger partial charge in [-0.05, 0) is 49.2 Å². The van der Waals surface area contributed by atoms with E-state index in [0.717, 1.165) is 33.9 Å². The van der Waals surface area contributed by atoms with Crippen molar-refractivity contribution in [3.8, 4) is 17.3 Å². The van der Waals surface area contributed by atoms with Crippen molar-refractivity contribution in [3.63, 3.8) is 0 Å². The lowest BCUT2D eigenvalue weighted by molar-refractivity contribution is -0.128. The number of aliphatic hydroxyl groups is 1. The second-order valence-corrected chi connectivity index (χ2v) is 9.24. The topological polar surface area (TPSA) is 127 Å². The number of nitrogens with one attached hydrogen (secondary N) is 2. The van der Waals surface area contributed by atoms with Crippen LogP contribution in [0.1, 0.15) is 35.9 Å². The Morgan fingerprint density at radius 3 is 2.77 bits per heavy atom. The van der Waals surface area contributed by atoms with Gasteiger partial charge in [0.25, 0.3) is 0 Å². The van der Waals surface area contributed by atoms with E-state index in [0.29, 0.717) is 36.6 Å². The summed E-state index contributed by atoms with van der Waals surface area (Å²) in [6.45, 7) is 4.41. The van der Waals surface area contributed by atoms with Gasteiger partial charge in [-0.2, -0.15) is 5.26 Å². The van der Waals surface area contributed by atoms with Gasteiger partial charge >= 0.3 is 0 Å². The molecule has 9 heteroatoms. The number of nitrogens with zero attached hydrogens (tertiary/aromatic N) is 5. The van der Waals surface area contributed by atoms with E-state index in [2.05, 4.69) is 31.7 Å². The third-order valence-electron chi connectivity index (χ3n) is 6.35. The number of aromatic nitrogens is 3. The first-order valence-electron chi connectivity index (χ1n) is 11.4. The highest BCUT2D eigenvalue weighted by Gasteiger charge is 2.36. The molecule has 0 fully saturated rings. The predicted octanol–water partition coefficient (Wildman–Crippen LogP) is 3.16. The molecule has 1 amide bonds. The molecule has 3 N–H and O–H groups in total. The molecule has 2 aromatic heterocycles. The number of carbonyl (C=O) groups excluding carboxylic acids is 1. The number of benzene rings is 1. The lowest BCUT2D eigenvalue weighted by Gasteiger charge is -2.21. The van der Waals surface area contributed by atoms with E-state index < -0.39 is 5.41 Å². The molecule has 1 aliphatic rings. The average Bonchev–Trinajstić information content (AvgIpc) is 3.20. The second kappa shape index (κ2) is 9.68. The smallest absolute Gasteiger partial charge is 0.227 e. The molecule has 3 heterocycles. The van der Waals surface area contributed by atoms with Crippen molar-refractivity contribution in [2.24, 2.45) is 0 Å². The highest BCUT2D eigenvalue weighted by Crippen LogP contribution is 2.41. The summed E-state index contributed by atoms with van der Waals surface area (Å²) in [5, 5.41) is 26.1. The number of hydrogen-bond donors (Lipinski definition) is 3. The zero-order chi connectivity index (χ0) is 25.2. The fourth-order valence-corrected chi connectivity index (χ4v) is 4.11. The van der Waals surface area contributed by atoms with E-state index in [1.165, 1.54) is 0 Å². The monoisotopic (exact) mass is 471 g/mol. The van der Waals surface area contributed by atoms with Crippen LogP contribution in [0.15, 0.2) is 36.5 Å². The van der Waals surface area contributed by atoms with Crippen LogP contribution in [0.25, 0.3) is 11.3 Å². The minimum absolute atomic E-state index is 0.0243. The molecule has 0 unspecified atom stereocenters. The Balaban J connectivity index is 1.58. The number of anilines is 3. The molecule has 0 bridgehead atoms. The second-order valence-electron chi connectivity index (χ2n) is 9.24. The molecule has 1 aromatic carbocycles. The number of pyridine rings is 1. The molecule has 0 spiro atoms. The van der Waals surface area contributed by atoms with Gasteiger partial charge in [0.05, 0.1) is 34.9 Å². The molecule has 1 aliphatic heterocycles. The molecule has 4 rings (SSSR count). The van der Waals surface area contributed by atoms with Crippen LogP contribution in [0.5, 0.6) is 0 Å². The van der Waals surface area contributed by atoms with Crippen LogP contribution in [-0.4, -0.2) is 58.1 Å². The number of aryl methyl sites for hydroxylation is 2. The van der Waals surface area contributed by atoms with Crippen molar-refractivity contribution in [2.75, 3.05) is 37.9 Å². The standard InChI is InChI=1S/C26H29N7O2/c1-16-21(7-5-19(30-16)6-8-23(35)33(3)4)31-25-28-10-9-22(32-25)17-11-18(13-27)24-20(12-17)26(2,15-34)14-29-24/h5,7,9-12,29,34H,6,8,14-15H2,1-4H3,(H,28,31,32)/t26-/m1/s1. The third kappa shape index (κ3) is 4.93. The normalized spacial score (nSPS) is 16.2. The molecule has 1 atom stereocenters. The minimum Gasteiger partial charge on any atom is -0.395 e. The first kappa shape index (κ1) is 24.1. The van der Waals surface area contributed by atoms with Gasteiger partial charge in [-0.3, -0.25) is 9.78 Å². The maximum atomic E-state index is 11.8. The molecule has 0 aliphatic carbocycles. The summed E-state index contributed by atoms with van der Waals surface area (Å²) in [6, 6.07) is 11.6. The van der Waals surface area contributed by atoms with Gasteiger partial charge in [0.15, 0.2) is 0 Å². The van der Waals surface area contributed by atoms with Crippen LogP contribution in [0.2, 0.25) is 0 Å². The van der Waals surface area contributed by atoms with Gasteiger partial charge in [0.2, 0.25) is 11.9 Å². The Morgan fingerprint density at radius 1 is 1.29 bits per heavy atom. The SMILES string of the molecule is Cc1nc(CCC(=O)N(C)C)ccc1Nc1nccc(-c2cc(C#N)c3c(c2)[C@@](C)(CO)CN3)n1. The first-order chi connectivity index (χ1) is 16.7. The number of carbonyl (C=O) groups is 1. The number of fused-ring (bicyclic) bond motifs is 1. The van der Waals surface area contributed by atoms with Gasteiger partial charge < -0.3 is 20.6 Å². The van der Waals surface area contributed by atoms with E-state index >= 15 is 0 Å². The molecule has 9 nitrogen and oxygen atoms in total. The van der Waals surface area contributed by atoms with E-state index in [-0.39, 0.29) is 12.5 Å². The Kier molecular flexibility index (Phi) is 6.67. The summed E-state index contributed by atoms with van der Waals surface area (Å²) >= 11 is 0. The Morgan fingerprint density at radius 2 is 2.09 bits per heavy atom. The van der Waals surface area contributed by atoms with Crippen LogP contribution in [0, 0.1) is 18.3 Å². The van der Waals surface area contributed by atoms with Crippen LogP contribution in [0.3, 0.4) is 0 Å². The van der Waals surface area contributed by atoms with Crippen molar-refractivity contribution in [3.05, 3.63) is 59.0 Å². The zero-order valence-electron chi connectivity index (χ0n) is 20.4. The minimum atomic E-state index is -0.466. The fraction of sp³-hybridized carbons (Fsp3) is 0.346. The summed E-state index contributed by atoms with van der Waals surface area (Å²) < 4.78 is 0. The quantitative estimate of drug-likeness (QED) is 0.480. The Hall–Kier alpha value is -4.03. The molecule has 180 valence electrons. The molecule has 0 radical (unpaired) electrons. The number of hydrogen-bond acceptors (Lipinski definition) is 8. The number of amides is 1. The summed E-state index contributed by atoms with van der Waals surface area (Å²) in [5.74, 6) is 0.475. The van der Waals surface area contributed by atoms with Crippen molar-refractivity contribution in [1.29, 1.82) is 5.26 Å². The van der Waals surface area contributed by atoms with Crippen LogP contribution in [0.4, 0.5) is 17.3 Å². The Labute approximate surface area is 204 Å². The maximum absolute atomic E-state index is 11.8. The van der Waals surface area contributed by atoms with Gasteiger partial charge in [0, 0.05) is 49.9 Å². The number of rotatable bonds is 7. The molecule has 0 saturated heterocycles. The Bertz CT molecular complexity index is 1320. The average molecular weight is 472 g/mol. The lowest BCUT2D eigenvalue weighted by atomic mass is 9.83. The zero-order valence-corrected chi connectivity index (χ0v) is 20.4. The molecule has 3 aromatic rings. The van der Waals surface area contributed by atoms with Crippen LogP contribution in [-0.2, 0) is 16.6 Å².